The van der Waals surface area contributed by atoms with Crippen LogP contribution < -0.4 is 9.62 Å². The highest BCUT2D eigenvalue weighted by Gasteiger charge is 2.33. The number of amides is 2. The molecular formula is C29H33Cl2N3O4S. The summed E-state index contributed by atoms with van der Waals surface area (Å²) in [6.45, 7) is 7.00. The van der Waals surface area contributed by atoms with Gasteiger partial charge in [0.15, 0.2) is 0 Å². The average molecular weight is 591 g/mol. The van der Waals surface area contributed by atoms with Gasteiger partial charge in [0.1, 0.15) is 12.6 Å². The van der Waals surface area contributed by atoms with Crippen LogP contribution in [-0.2, 0) is 26.2 Å². The normalized spacial score (nSPS) is 12.9. The molecule has 0 aromatic heterocycles. The molecule has 7 nitrogen and oxygen atoms in total. The number of benzene rings is 3. The van der Waals surface area contributed by atoms with E-state index in [0.717, 1.165) is 21.9 Å². The zero-order valence-corrected chi connectivity index (χ0v) is 24.7. The van der Waals surface area contributed by atoms with Gasteiger partial charge in [0.05, 0.1) is 10.6 Å². The van der Waals surface area contributed by atoms with Crippen LogP contribution in [0.25, 0.3) is 0 Å². The number of anilines is 1. The Morgan fingerprint density at radius 1 is 0.923 bits per heavy atom. The molecule has 2 amide bonds. The molecule has 1 N–H and O–H groups in total. The van der Waals surface area contributed by atoms with E-state index in [2.05, 4.69) is 5.32 Å². The number of nitrogens with one attached hydrogen (secondary N) is 1. The second-order valence-corrected chi connectivity index (χ2v) is 12.2. The molecule has 3 aromatic rings. The smallest absolute Gasteiger partial charge is 0.264 e. The Kier molecular flexibility index (Phi) is 10.4. The molecule has 0 fully saturated rings. The lowest BCUT2D eigenvalue weighted by atomic mass is 10.1. The summed E-state index contributed by atoms with van der Waals surface area (Å²) in [6, 6.07) is 18.6. The molecule has 0 saturated heterocycles. The second kappa shape index (κ2) is 13.3. The molecule has 0 aliphatic rings. The number of carbonyl (C=O) groups is 2. The van der Waals surface area contributed by atoms with Crippen molar-refractivity contribution in [2.24, 2.45) is 0 Å². The Hall–Kier alpha value is -3.07. The van der Waals surface area contributed by atoms with Gasteiger partial charge in [0.2, 0.25) is 11.8 Å². The van der Waals surface area contributed by atoms with E-state index in [1.807, 2.05) is 45.0 Å². The predicted molar refractivity (Wildman–Crippen MR) is 157 cm³/mol. The summed E-state index contributed by atoms with van der Waals surface area (Å²) in [5.74, 6) is -0.860. The number of sulfonamides is 1. The van der Waals surface area contributed by atoms with Gasteiger partial charge in [-0.3, -0.25) is 13.9 Å². The number of hydrogen-bond donors (Lipinski definition) is 1. The monoisotopic (exact) mass is 589 g/mol. The van der Waals surface area contributed by atoms with Crippen LogP contribution in [0.5, 0.6) is 0 Å². The fraction of sp³-hybridized carbons (Fsp3) is 0.310. The molecule has 0 bridgehead atoms. The summed E-state index contributed by atoms with van der Waals surface area (Å²) in [5.41, 5.74) is 2.04. The Morgan fingerprint density at radius 2 is 1.59 bits per heavy atom. The van der Waals surface area contributed by atoms with Crippen molar-refractivity contribution in [3.05, 3.63) is 94.0 Å². The highest BCUT2D eigenvalue weighted by Crippen LogP contribution is 2.27. The van der Waals surface area contributed by atoms with Gasteiger partial charge in [-0.1, -0.05) is 66.0 Å². The molecule has 2 atom stereocenters. The minimum Gasteiger partial charge on any atom is -0.352 e. The fourth-order valence-electron chi connectivity index (χ4n) is 3.95. The van der Waals surface area contributed by atoms with Gasteiger partial charge in [-0.2, -0.15) is 0 Å². The number of carbonyl (C=O) groups excluding carboxylic acids is 2. The minimum atomic E-state index is -4.20. The van der Waals surface area contributed by atoms with Crippen LogP contribution in [0.4, 0.5) is 5.69 Å². The van der Waals surface area contributed by atoms with Crippen LogP contribution in [0.1, 0.15) is 38.3 Å². The van der Waals surface area contributed by atoms with E-state index < -0.39 is 28.5 Å². The summed E-state index contributed by atoms with van der Waals surface area (Å²) >= 11 is 12.2. The van der Waals surface area contributed by atoms with Gasteiger partial charge < -0.3 is 10.2 Å². The topological polar surface area (TPSA) is 86.8 Å². The zero-order chi connectivity index (χ0) is 28.7. The quantitative estimate of drug-likeness (QED) is 0.305. The van der Waals surface area contributed by atoms with Gasteiger partial charge in [-0.15, -0.1) is 0 Å². The zero-order valence-electron chi connectivity index (χ0n) is 22.4. The van der Waals surface area contributed by atoms with Crippen molar-refractivity contribution in [1.29, 1.82) is 0 Å². The summed E-state index contributed by atoms with van der Waals surface area (Å²) < 4.78 is 28.6. The fourth-order valence-corrected chi connectivity index (χ4v) is 5.67. The SMILES string of the molecule is CC[C@H](C)NC(=O)[C@H](C)N(Cc1cccc(C)c1)C(=O)CN(c1cccc(Cl)c1)S(=O)(=O)c1ccc(Cl)cc1. The number of nitrogens with zero attached hydrogens (tertiary/aromatic N) is 2. The standard InChI is InChI=1S/C29H33Cl2N3O4S/c1-5-21(3)32-29(36)22(4)33(18-23-9-6-8-20(2)16-23)28(35)19-34(26-11-7-10-25(31)17-26)39(37,38)27-14-12-24(30)13-15-27/h6-17,21-22H,5,18-19H2,1-4H3,(H,32,36)/t21-,22-/m0/s1. The first-order chi connectivity index (χ1) is 18.4. The van der Waals surface area contributed by atoms with Crippen molar-refractivity contribution in [3.63, 3.8) is 0 Å². The van der Waals surface area contributed by atoms with Crippen LogP contribution >= 0.6 is 23.2 Å². The van der Waals surface area contributed by atoms with Crippen molar-refractivity contribution in [2.45, 2.75) is 57.6 Å². The molecule has 10 heteroatoms. The van der Waals surface area contributed by atoms with E-state index in [-0.39, 0.29) is 29.1 Å². The maximum absolute atomic E-state index is 13.9. The minimum absolute atomic E-state index is 0.0347. The third-order valence-electron chi connectivity index (χ3n) is 6.38. The van der Waals surface area contributed by atoms with E-state index in [0.29, 0.717) is 10.0 Å². The molecule has 0 saturated carbocycles. The van der Waals surface area contributed by atoms with E-state index in [1.165, 1.54) is 35.2 Å². The molecule has 3 aromatic carbocycles. The Labute approximate surface area is 240 Å². The molecule has 208 valence electrons. The summed E-state index contributed by atoms with van der Waals surface area (Å²) in [4.78, 5) is 28.4. The molecule has 0 aliphatic heterocycles. The third kappa shape index (κ3) is 7.97. The van der Waals surface area contributed by atoms with E-state index in [9.17, 15) is 18.0 Å². The van der Waals surface area contributed by atoms with Crippen LogP contribution in [-0.4, -0.2) is 43.8 Å². The molecule has 0 heterocycles. The van der Waals surface area contributed by atoms with Crippen molar-refractivity contribution < 1.29 is 18.0 Å². The first-order valence-electron chi connectivity index (χ1n) is 12.6. The lowest BCUT2D eigenvalue weighted by molar-refractivity contribution is -0.139. The molecule has 39 heavy (non-hydrogen) atoms. The number of halogens is 2. The largest absolute Gasteiger partial charge is 0.352 e. The van der Waals surface area contributed by atoms with E-state index in [4.69, 9.17) is 23.2 Å². The first-order valence-corrected chi connectivity index (χ1v) is 14.8. The second-order valence-electron chi connectivity index (χ2n) is 9.45. The summed E-state index contributed by atoms with van der Waals surface area (Å²) in [5, 5.41) is 3.61. The Bertz CT molecular complexity index is 1410. The molecule has 0 unspecified atom stereocenters. The van der Waals surface area contributed by atoms with Gasteiger partial charge in [-0.05, 0) is 75.2 Å². The molecule has 0 spiro atoms. The molecule has 0 aliphatic carbocycles. The van der Waals surface area contributed by atoms with Crippen LogP contribution in [0.3, 0.4) is 0 Å². The van der Waals surface area contributed by atoms with Crippen molar-refractivity contribution >= 4 is 50.7 Å². The van der Waals surface area contributed by atoms with Crippen molar-refractivity contribution in [1.82, 2.24) is 10.2 Å². The number of rotatable bonds is 11. The van der Waals surface area contributed by atoms with Crippen molar-refractivity contribution in [3.8, 4) is 0 Å². The number of aryl methyl sites for hydroxylation is 1. The highest BCUT2D eigenvalue weighted by atomic mass is 35.5. The third-order valence-corrected chi connectivity index (χ3v) is 8.66. The lowest BCUT2D eigenvalue weighted by Gasteiger charge is -2.32. The molecule has 0 radical (unpaired) electrons. The molecule has 3 rings (SSSR count). The van der Waals surface area contributed by atoms with Gasteiger partial charge >= 0.3 is 0 Å². The maximum Gasteiger partial charge on any atom is 0.264 e. The summed E-state index contributed by atoms with van der Waals surface area (Å²) in [7, 11) is -4.20. The van der Waals surface area contributed by atoms with E-state index in [1.54, 1.807) is 25.1 Å². The van der Waals surface area contributed by atoms with Crippen molar-refractivity contribution in [2.75, 3.05) is 10.8 Å². The first kappa shape index (κ1) is 30.5. The average Bonchev–Trinajstić information content (AvgIpc) is 2.89. The van der Waals surface area contributed by atoms with Gasteiger partial charge in [0.25, 0.3) is 10.0 Å². The van der Waals surface area contributed by atoms with Crippen LogP contribution in [0.2, 0.25) is 10.0 Å². The predicted octanol–water partition coefficient (Wildman–Crippen LogP) is 5.83. The van der Waals surface area contributed by atoms with Crippen LogP contribution in [0, 0.1) is 6.92 Å². The number of hydrogen-bond acceptors (Lipinski definition) is 4. The Balaban J connectivity index is 2.03. The maximum atomic E-state index is 13.9. The van der Waals surface area contributed by atoms with E-state index >= 15 is 0 Å². The molecular weight excluding hydrogens is 557 g/mol. The van der Waals surface area contributed by atoms with Gasteiger partial charge in [-0.25, -0.2) is 8.42 Å². The Morgan fingerprint density at radius 3 is 2.21 bits per heavy atom. The van der Waals surface area contributed by atoms with Crippen LogP contribution in [0.15, 0.2) is 77.7 Å². The lowest BCUT2D eigenvalue weighted by Crippen LogP contribution is -2.52. The van der Waals surface area contributed by atoms with Gasteiger partial charge in [0, 0.05) is 22.6 Å². The highest BCUT2D eigenvalue weighted by molar-refractivity contribution is 7.92. The summed E-state index contributed by atoms with van der Waals surface area (Å²) in [6.07, 6.45) is 0.728.